The van der Waals surface area contributed by atoms with Crippen molar-refractivity contribution in [2.75, 3.05) is 13.2 Å². The van der Waals surface area contributed by atoms with Crippen molar-refractivity contribution in [3.8, 4) is 0 Å². The minimum Gasteiger partial charge on any atom is -0.466 e. The summed E-state index contributed by atoms with van der Waals surface area (Å²) in [6.07, 6.45) is 0.929. The Morgan fingerprint density at radius 2 is 2.06 bits per heavy atom. The monoisotopic (exact) mass is 260 g/mol. The summed E-state index contributed by atoms with van der Waals surface area (Å²) in [5.74, 6) is -0.337. The van der Waals surface area contributed by atoms with Crippen LogP contribution in [0.5, 0.6) is 0 Å². The van der Waals surface area contributed by atoms with Crippen molar-refractivity contribution in [1.82, 2.24) is 5.32 Å². The molecule has 1 atom stereocenters. The van der Waals surface area contributed by atoms with Gasteiger partial charge in [0.05, 0.1) is 12.6 Å². The molecule has 3 N–H and O–H groups in total. The number of nitrogens with one attached hydrogen (secondary N) is 1. The largest absolute Gasteiger partial charge is 0.466 e. The van der Waals surface area contributed by atoms with Crippen LogP contribution >= 0.6 is 0 Å². The molecule has 100 valence electrons. The van der Waals surface area contributed by atoms with Crippen molar-refractivity contribution < 1.29 is 14.3 Å². The Kier molecular flexibility index (Phi) is 8.70. The Hall–Kier alpha value is -0.883. The van der Waals surface area contributed by atoms with Crippen LogP contribution in [0, 0.1) is 0 Å². The van der Waals surface area contributed by atoms with Crippen molar-refractivity contribution in [3.63, 3.8) is 0 Å². The molecule has 0 aliphatic carbocycles. The highest BCUT2D eigenvalue weighted by Crippen LogP contribution is 1.97. The van der Waals surface area contributed by atoms with Gasteiger partial charge in [0.2, 0.25) is 5.91 Å². The standard InChI is InChI=1S/C11H24N2O3Si/c1-4-16-10(14)6-5-7-13-11(15)9(12)8-17(2)3/h9,17H,4-8,12H2,1-3H3,(H,13,15). The van der Waals surface area contributed by atoms with E-state index in [1.54, 1.807) is 6.92 Å². The van der Waals surface area contributed by atoms with Gasteiger partial charge in [-0.3, -0.25) is 9.59 Å². The van der Waals surface area contributed by atoms with Crippen molar-refractivity contribution in [1.29, 1.82) is 0 Å². The van der Waals surface area contributed by atoms with E-state index in [1.165, 1.54) is 0 Å². The van der Waals surface area contributed by atoms with Crippen LogP contribution in [0.4, 0.5) is 0 Å². The van der Waals surface area contributed by atoms with Gasteiger partial charge < -0.3 is 15.8 Å². The lowest BCUT2D eigenvalue weighted by Crippen LogP contribution is -2.42. The molecule has 0 radical (unpaired) electrons. The number of carbonyl (C=O) groups excluding carboxylic acids is 2. The smallest absolute Gasteiger partial charge is 0.305 e. The normalized spacial score (nSPS) is 12.3. The Morgan fingerprint density at radius 3 is 2.59 bits per heavy atom. The summed E-state index contributed by atoms with van der Waals surface area (Å²) in [4.78, 5) is 22.5. The molecule has 0 aromatic rings. The summed E-state index contributed by atoms with van der Waals surface area (Å²) in [7, 11) is -0.811. The third kappa shape index (κ3) is 8.88. The highest BCUT2D eigenvalue weighted by Gasteiger charge is 2.14. The van der Waals surface area contributed by atoms with E-state index in [4.69, 9.17) is 10.5 Å². The molecular weight excluding hydrogens is 236 g/mol. The first kappa shape index (κ1) is 16.1. The van der Waals surface area contributed by atoms with Crippen LogP contribution in [0.3, 0.4) is 0 Å². The number of esters is 1. The van der Waals surface area contributed by atoms with Crippen molar-refractivity contribution in [3.05, 3.63) is 0 Å². The van der Waals surface area contributed by atoms with Crippen LogP contribution in [0.1, 0.15) is 19.8 Å². The van der Waals surface area contributed by atoms with E-state index in [0.29, 0.717) is 26.0 Å². The van der Waals surface area contributed by atoms with Crippen LogP contribution in [-0.4, -0.2) is 39.9 Å². The Bertz CT molecular complexity index is 247. The Balaban J connectivity index is 3.60. The van der Waals surface area contributed by atoms with Crippen LogP contribution in [-0.2, 0) is 14.3 Å². The highest BCUT2D eigenvalue weighted by molar-refractivity contribution is 6.56. The molecule has 0 saturated carbocycles. The molecule has 0 bridgehead atoms. The topological polar surface area (TPSA) is 81.4 Å². The quantitative estimate of drug-likeness (QED) is 0.373. The highest BCUT2D eigenvalue weighted by atomic mass is 28.3. The zero-order valence-electron chi connectivity index (χ0n) is 11.0. The fourth-order valence-electron chi connectivity index (χ4n) is 1.42. The van der Waals surface area contributed by atoms with Gasteiger partial charge in [-0.1, -0.05) is 13.1 Å². The molecule has 1 amide bonds. The van der Waals surface area contributed by atoms with E-state index in [0.717, 1.165) is 6.04 Å². The maximum absolute atomic E-state index is 11.5. The van der Waals surface area contributed by atoms with Crippen LogP contribution in [0.25, 0.3) is 0 Å². The lowest BCUT2D eigenvalue weighted by molar-refractivity contribution is -0.143. The number of amides is 1. The zero-order valence-corrected chi connectivity index (χ0v) is 12.1. The van der Waals surface area contributed by atoms with Crippen molar-refractivity contribution >= 4 is 20.7 Å². The fraction of sp³-hybridized carbons (Fsp3) is 0.818. The average molecular weight is 260 g/mol. The predicted molar refractivity (Wildman–Crippen MR) is 70.5 cm³/mol. The van der Waals surface area contributed by atoms with Gasteiger partial charge in [0.1, 0.15) is 0 Å². The van der Waals surface area contributed by atoms with E-state index in [2.05, 4.69) is 18.4 Å². The van der Waals surface area contributed by atoms with Crippen LogP contribution in [0.15, 0.2) is 0 Å². The molecule has 17 heavy (non-hydrogen) atoms. The first-order valence-corrected chi connectivity index (χ1v) is 9.28. The second-order valence-electron chi connectivity index (χ2n) is 4.44. The Labute approximate surface area is 105 Å². The van der Waals surface area contributed by atoms with Gasteiger partial charge in [-0.2, -0.15) is 0 Å². The summed E-state index contributed by atoms with van der Waals surface area (Å²) in [6, 6.07) is 0.410. The first-order valence-electron chi connectivity index (χ1n) is 6.16. The minimum absolute atomic E-state index is 0.116. The fourth-order valence-corrected chi connectivity index (χ4v) is 2.65. The molecule has 0 spiro atoms. The number of rotatable bonds is 8. The molecule has 0 aromatic carbocycles. The second kappa shape index (κ2) is 9.18. The number of hydrogen-bond acceptors (Lipinski definition) is 4. The number of carbonyl (C=O) groups is 2. The van der Waals surface area contributed by atoms with Gasteiger partial charge in [0.15, 0.2) is 0 Å². The van der Waals surface area contributed by atoms with Gasteiger partial charge in [-0.05, 0) is 19.4 Å². The number of nitrogens with two attached hydrogens (primary N) is 1. The van der Waals surface area contributed by atoms with Gasteiger partial charge >= 0.3 is 5.97 Å². The molecule has 0 saturated heterocycles. The molecule has 0 aromatic heterocycles. The summed E-state index contributed by atoms with van der Waals surface area (Å²) >= 11 is 0. The maximum Gasteiger partial charge on any atom is 0.305 e. The maximum atomic E-state index is 11.5. The first-order chi connectivity index (χ1) is 7.97. The van der Waals surface area contributed by atoms with Crippen LogP contribution < -0.4 is 11.1 Å². The lowest BCUT2D eigenvalue weighted by atomic mass is 10.3. The SMILES string of the molecule is CCOC(=O)CCCNC(=O)C(N)C[SiH](C)C. The molecule has 0 aliphatic heterocycles. The third-order valence-electron chi connectivity index (χ3n) is 2.22. The minimum atomic E-state index is -0.811. The summed E-state index contributed by atoms with van der Waals surface area (Å²) in [5.41, 5.74) is 5.74. The van der Waals surface area contributed by atoms with E-state index in [9.17, 15) is 9.59 Å². The predicted octanol–water partition coefficient (Wildman–Crippen LogP) is 0.260. The number of hydrogen-bond donors (Lipinski definition) is 2. The molecule has 0 rings (SSSR count). The van der Waals surface area contributed by atoms with Gasteiger partial charge in [0.25, 0.3) is 0 Å². The summed E-state index contributed by atoms with van der Waals surface area (Å²) < 4.78 is 4.78. The molecular formula is C11H24N2O3Si. The summed E-state index contributed by atoms with van der Waals surface area (Å²) in [5, 5.41) is 2.74. The van der Waals surface area contributed by atoms with E-state index < -0.39 is 14.8 Å². The zero-order chi connectivity index (χ0) is 13.3. The van der Waals surface area contributed by atoms with E-state index >= 15 is 0 Å². The molecule has 0 aliphatic rings. The third-order valence-corrected chi connectivity index (χ3v) is 3.68. The van der Waals surface area contributed by atoms with E-state index in [1.807, 2.05) is 0 Å². The molecule has 0 heterocycles. The van der Waals surface area contributed by atoms with Gasteiger partial charge in [0, 0.05) is 21.8 Å². The van der Waals surface area contributed by atoms with Crippen molar-refractivity contribution in [2.24, 2.45) is 5.73 Å². The Morgan fingerprint density at radius 1 is 1.41 bits per heavy atom. The second-order valence-corrected chi connectivity index (χ2v) is 7.69. The lowest BCUT2D eigenvalue weighted by Gasteiger charge is -2.13. The van der Waals surface area contributed by atoms with Crippen LogP contribution in [0.2, 0.25) is 19.1 Å². The van der Waals surface area contributed by atoms with Gasteiger partial charge in [-0.25, -0.2) is 0 Å². The number of ether oxygens (including phenoxy) is 1. The summed E-state index contributed by atoms with van der Waals surface area (Å²) in [6.45, 7) is 6.97. The molecule has 5 nitrogen and oxygen atoms in total. The molecule has 6 heteroatoms. The van der Waals surface area contributed by atoms with E-state index in [-0.39, 0.29) is 11.9 Å². The van der Waals surface area contributed by atoms with Gasteiger partial charge in [-0.15, -0.1) is 0 Å². The van der Waals surface area contributed by atoms with Crippen molar-refractivity contribution in [2.45, 2.75) is 44.9 Å². The molecule has 1 unspecified atom stereocenters. The molecule has 0 fully saturated rings. The average Bonchev–Trinajstić information content (AvgIpc) is 2.23.